The van der Waals surface area contributed by atoms with Gasteiger partial charge in [-0.2, -0.15) is 11.8 Å². The first-order valence-corrected chi connectivity index (χ1v) is 7.47. The van der Waals surface area contributed by atoms with Crippen LogP contribution in [0.25, 0.3) is 0 Å². The van der Waals surface area contributed by atoms with Crippen molar-refractivity contribution in [1.82, 2.24) is 4.72 Å². The van der Waals surface area contributed by atoms with Crippen LogP contribution in [0.3, 0.4) is 0 Å². The van der Waals surface area contributed by atoms with Gasteiger partial charge in [0.2, 0.25) is 5.09 Å². The van der Waals surface area contributed by atoms with Gasteiger partial charge in [-0.1, -0.05) is 6.08 Å². The van der Waals surface area contributed by atoms with E-state index < -0.39 is 10.0 Å². The highest BCUT2D eigenvalue weighted by molar-refractivity contribution is 7.99. The van der Waals surface area contributed by atoms with Crippen molar-refractivity contribution in [3.8, 4) is 0 Å². The van der Waals surface area contributed by atoms with Crippen molar-refractivity contribution < 1.29 is 17.6 Å². The van der Waals surface area contributed by atoms with Crippen molar-refractivity contribution in [2.45, 2.75) is 5.09 Å². The molecule has 17 heavy (non-hydrogen) atoms. The van der Waals surface area contributed by atoms with E-state index in [1.807, 2.05) is 0 Å². The van der Waals surface area contributed by atoms with E-state index in [2.05, 4.69) is 11.3 Å². The molecular weight excluding hydrogens is 262 g/mol. The number of thioether (sulfide) groups is 1. The molecule has 0 saturated heterocycles. The van der Waals surface area contributed by atoms with Crippen LogP contribution in [0, 0.1) is 0 Å². The molecule has 5 nitrogen and oxygen atoms in total. The van der Waals surface area contributed by atoms with E-state index in [4.69, 9.17) is 4.42 Å². The smallest absolute Gasteiger partial charge is 0.274 e. The Kier molecular flexibility index (Phi) is 5.46. The van der Waals surface area contributed by atoms with E-state index in [9.17, 15) is 13.2 Å². The molecule has 0 radical (unpaired) electrons. The molecule has 0 fully saturated rings. The molecule has 0 unspecified atom stereocenters. The zero-order valence-electron chi connectivity index (χ0n) is 9.09. The SMILES string of the molecule is C=CCSCCNS(=O)(=O)c1ccc(C=O)o1. The molecule has 0 bridgehead atoms. The maximum atomic E-state index is 11.6. The number of nitrogens with one attached hydrogen (secondary N) is 1. The highest BCUT2D eigenvalue weighted by Crippen LogP contribution is 2.12. The van der Waals surface area contributed by atoms with E-state index in [-0.39, 0.29) is 10.9 Å². The molecule has 0 saturated carbocycles. The molecule has 1 N–H and O–H groups in total. The second-order valence-corrected chi connectivity index (χ2v) is 5.88. The van der Waals surface area contributed by atoms with Gasteiger partial charge in [0.15, 0.2) is 12.0 Å². The monoisotopic (exact) mass is 275 g/mol. The van der Waals surface area contributed by atoms with Crippen LogP contribution in [0.15, 0.2) is 34.3 Å². The van der Waals surface area contributed by atoms with Gasteiger partial charge < -0.3 is 4.42 Å². The zero-order valence-corrected chi connectivity index (χ0v) is 10.7. The summed E-state index contributed by atoms with van der Waals surface area (Å²) in [5, 5.41) is -0.242. The van der Waals surface area contributed by atoms with Crippen molar-refractivity contribution in [3.63, 3.8) is 0 Å². The van der Waals surface area contributed by atoms with Crippen molar-refractivity contribution >= 4 is 28.1 Å². The van der Waals surface area contributed by atoms with Crippen molar-refractivity contribution in [3.05, 3.63) is 30.5 Å². The summed E-state index contributed by atoms with van der Waals surface area (Å²) >= 11 is 1.57. The predicted octanol–water partition coefficient (Wildman–Crippen LogP) is 1.29. The average Bonchev–Trinajstić information content (AvgIpc) is 2.78. The van der Waals surface area contributed by atoms with Gasteiger partial charge >= 0.3 is 0 Å². The molecular formula is C10H13NO4S2. The third kappa shape index (κ3) is 4.37. The number of hydrogen-bond donors (Lipinski definition) is 1. The van der Waals surface area contributed by atoms with Gasteiger partial charge in [-0.05, 0) is 12.1 Å². The summed E-state index contributed by atoms with van der Waals surface area (Å²) < 4.78 is 30.5. The molecule has 1 rings (SSSR count). The number of hydrogen-bond acceptors (Lipinski definition) is 5. The van der Waals surface area contributed by atoms with Gasteiger partial charge in [-0.15, -0.1) is 6.58 Å². The molecule has 1 heterocycles. The Morgan fingerprint density at radius 1 is 1.47 bits per heavy atom. The lowest BCUT2D eigenvalue weighted by molar-refractivity contribution is 0.109. The van der Waals surface area contributed by atoms with Crippen LogP contribution in [-0.2, 0) is 10.0 Å². The maximum absolute atomic E-state index is 11.6. The summed E-state index contributed by atoms with van der Waals surface area (Å²) in [6.45, 7) is 3.86. The highest BCUT2D eigenvalue weighted by Gasteiger charge is 2.17. The summed E-state index contributed by atoms with van der Waals surface area (Å²) in [6, 6.07) is 2.57. The number of furan rings is 1. The standard InChI is InChI=1S/C10H13NO4S2/c1-2-6-16-7-5-11-17(13,14)10-4-3-9(8-12)15-10/h2-4,8,11H,1,5-7H2. The summed E-state index contributed by atoms with van der Waals surface area (Å²) in [7, 11) is -3.65. The fraction of sp³-hybridized carbons (Fsp3) is 0.300. The van der Waals surface area contributed by atoms with E-state index in [1.54, 1.807) is 17.8 Å². The van der Waals surface area contributed by atoms with Crippen molar-refractivity contribution in [2.24, 2.45) is 0 Å². The molecule has 0 aliphatic carbocycles. The number of aldehydes is 1. The van der Waals surface area contributed by atoms with Crippen molar-refractivity contribution in [1.29, 1.82) is 0 Å². The number of carbonyl (C=O) groups is 1. The molecule has 0 aliphatic rings. The fourth-order valence-electron chi connectivity index (χ4n) is 1.03. The third-order valence-electron chi connectivity index (χ3n) is 1.76. The van der Waals surface area contributed by atoms with Crippen LogP contribution >= 0.6 is 11.8 Å². The van der Waals surface area contributed by atoms with Gasteiger partial charge in [0.25, 0.3) is 10.0 Å². The van der Waals surface area contributed by atoms with Crippen molar-refractivity contribution in [2.75, 3.05) is 18.1 Å². The summed E-state index contributed by atoms with van der Waals surface area (Å²) in [4.78, 5) is 10.4. The topological polar surface area (TPSA) is 76.4 Å². The summed E-state index contributed by atoms with van der Waals surface area (Å²) in [5.74, 6) is 1.41. The molecule has 1 aromatic rings. The van der Waals surface area contributed by atoms with Crippen LogP contribution in [0.1, 0.15) is 10.6 Å². The number of carbonyl (C=O) groups excluding carboxylic acids is 1. The van der Waals surface area contributed by atoms with Gasteiger partial charge in [-0.25, -0.2) is 13.1 Å². The minimum atomic E-state index is -3.65. The molecule has 0 aromatic carbocycles. The molecule has 0 amide bonds. The first-order chi connectivity index (χ1) is 8.10. The molecule has 94 valence electrons. The van der Waals surface area contributed by atoms with Gasteiger partial charge in [0.1, 0.15) is 0 Å². The lowest BCUT2D eigenvalue weighted by Gasteiger charge is -2.02. The Morgan fingerprint density at radius 3 is 2.82 bits per heavy atom. The van der Waals surface area contributed by atoms with Gasteiger partial charge in [0, 0.05) is 18.1 Å². The second kappa shape index (κ2) is 6.63. The summed E-state index contributed by atoms with van der Waals surface area (Å²) in [5.41, 5.74) is 0. The first kappa shape index (κ1) is 14.0. The Hall–Kier alpha value is -1.05. The van der Waals surface area contributed by atoms with E-state index in [1.165, 1.54) is 12.1 Å². The van der Waals surface area contributed by atoms with E-state index in [0.29, 0.717) is 18.6 Å². The predicted molar refractivity (Wildman–Crippen MR) is 66.8 cm³/mol. The normalized spacial score (nSPS) is 11.3. The molecule has 0 atom stereocenters. The summed E-state index contributed by atoms with van der Waals surface area (Å²) in [6.07, 6.45) is 2.21. The van der Waals surface area contributed by atoms with E-state index >= 15 is 0 Å². The van der Waals surface area contributed by atoms with Crippen LogP contribution < -0.4 is 4.72 Å². The average molecular weight is 275 g/mol. The molecule has 0 aliphatic heterocycles. The van der Waals surface area contributed by atoms with E-state index in [0.717, 1.165) is 5.75 Å². The van der Waals surface area contributed by atoms with Crippen LogP contribution in [0.2, 0.25) is 0 Å². The van der Waals surface area contributed by atoms with Gasteiger partial charge in [-0.3, -0.25) is 4.79 Å². The second-order valence-electron chi connectivity index (χ2n) is 3.04. The van der Waals surface area contributed by atoms with Crippen LogP contribution in [0.5, 0.6) is 0 Å². The Morgan fingerprint density at radius 2 is 2.24 bits per heavy atom. The highest BCUT2D eigenvalue weighted by atomic mass is 32.2. The lowest BCUT2D eigenvalue weighted by atomic mass is 10.5. The molecule has 0 spiro atoms. The van der Waals surface area contributed by atoms with Gasteiger partial charge in [0.05, 0.1) is 0 Å². The third-order valence-corrected chi connectivity index (χ3v) is 4.05. The number of rotatable bonds is 8. The Balaban J connectivity index is 2.50. The number of sulfonamides is 1. The Bertz CT molecular complexity index is 478. The minimum Gasteiger partial charge on any atom is -0.440 e. The van der Waals surface area contributed by atoms with Crippen LogP contribution in [0.4, 0.5) is 0 Å². The maximum Gasteiger partial charge on any atom is 0.274 e. The molecule has 1 aromatic heterocycles. The van der Waals surface area contributed by atoms with Crippen LogP contribution in [-0.4, -0.2) is 32.8 Å². The fourth-order valence-corrected chi connectivity index (χ4v) is 2.70. The largest absolute Gasteiger partial charge is 0.440 e. The lowest BCUT2D eigenvalue weighted by Crippen LogP contribution is -2.25. The Labute approximate surface area is 104 Å². The molecule has 7 heteroatoms. The quantitative estimate of drug-likeness (QED) is 0.439. The first-order valence-electron chi connectivity index (χ1n) is 4.83. The zero-order chi connectivity index (χ0) is 12.7. The minimum absolute atomic E-state index is 0.00796.